The molecular formula is C14H14N4. The third-order valence-electron chi connectivity index (χ3n) is 3.11. The van der Waals surface area contributed by atoms with Crippen LogP contribution in [0.2, 0.25) is 0 Å². The zero-order valence-corrected chi connectivity index (χ0v) is 10.4. The Morgan fingerprint density at radius 3 is 2.83 bits per heavy atom. The van der Waals surface area contributed by atoms with Gasteiger partial charge in [0.25, 0.3) is 0 Å². The van der Waals surface area contributed by atoms with Gasteiger partial charge in [0.1, 0.15) is 17.2 Å². The number of aryl methyl sites for hydroxylation is 2. The maximum Gasteiger partial charge on any atom is 0.139 e. The summed E-state index contributed by atoms with van der Waals surface area (Å²) in [6.07, 6.45) is 5.53. The molecule has 3 rings (SSSR count). The van der Waals surface area contributed by atoms with E-state index in [1.165, 1.54) is 5.56 Å². The summed E-state index contributed by atoms with van der Waals surface area (Å²) in [5.74, 6) is 0.654. The van der Waals surface area contributed by atoms with Gasteiger partial charge in [0.05, 0.1) is 0 Å². The number of nitrogens with zero attached hydrogens (tertiary/aromatic N) is 3. The standard InChI is InChI=1S/C14H14N4/c1-9-4-6-18-12(7-9)17-13(14(18)15)11-8-16-5-3-10(11)2/h3-8H,15H2,1-2H3. The Hall–Kier alpha value is -2.36. The maximum absolute atomic E-state index is 6.16. The number of hydrogen-bond acceptors (Lipinski definition) is 3. The molecule has 3 heterocycles. The fraction of sp³-hybridized carbons (Fsp3) is 0.143. The van der Waals surface area contributed by atoms with E-state index in [2.05, 4.69) is 9.97 Å². The van der Waals surface area contributed by atoms with Gasteiger partial charge in [0, 0.05) is 24.2 Å². The van der Waals surface area contributed by atoms with Gasteiger partial charge in [0.15, 0.2) is 0 Å². The number of aromatic nitrogens is 3. The van der Waals surface area contributed by atoms with Crippen molar-refractivity contribution in [3.63, 3.8) is 0 Å². The van der Waals surface area contributed by atoms with Gasteiger partial charge in [-0.2, -0.15) is 0 Å². The SMILES string of the molecule is Cc1ccn2c(N)c(-c3cnccc3C)nc2c1. The number of rotatable bonds is 1. The lowest BCUT2D eigenvalue weighted by atomic mass is 10.1. The van der Waals surface area contributed by atoms with Crippen LogP contribution in [0.4, 0.5) is 5.82 Å². The lowest BCUT2D eigenvalue weighted by molar-refractivity contribution is 1.18. The lowest BCUT2D eigenvalue weighted by Crippen LogP contribution is -1.95. The third-order valence-corrected chi connectivity index (χ3v) is 3.11. The average Bonchev–Trinajstić information content (AvgIpc) is 2.67. The second-order valence-corrected chi connectivity index (χ2v) is 4.47. The minimum atomic E-state index is 0.654. The normalized spacial score (nSPS) is 11.0. The summed E-state index contributed by atoms with van der Waals surface area (Å²) < 4.78 is 1.90. The Labute approximate surface area is 105 Å². The topological polar surface area (TPSA) is 56.2 Å². The summed E-state index contributed by atoms with van der Waals surface area (Å²) in [6, 6.07) is 6.00. The summed E-state index contributed by atoms with van der Waals surface area (Å²) in [6.45, 7) is 4.07. The van der Waals surface area contributed by atoms with Crippen molar-refractivity contribution < 1.29 is 0 Å². The Morgan fingerprint density at radius 2 is 2.06 bits per heavy atom. The van der Waals surface area contributed by atoms with Gasteiger partial charge in [-0.05, 0) is 43.2 Å². The van der Waals surface area contributed by atoms with Crippen molar-refractivity contribution in [2.24, 2.45) is 0 Å². The molecule has 3 aromatic heterocycles. The van der Waals surface area contributed by atoms with E-state index in [4.69, 9.17) is 5.73 Å². The highest BCUT2D eigenvalue weighted by atomic mass is 15.1. The molecule has 0 bridgehead atoms. The summed E-state index contributed by atoms with van der Waals surface area (Å²) in [5.41, 5.74) is 11.1. The van der Waals surface area contributed by atoms with Gasteiger partial charge in [-0.25, -0.2) is 4.98 Å². The molecule has 90 valence electrons. The number of anilines is 1. The molecule has 0 aliphatic carbocycles. The summed E-state index contributed by atoms with van der Waals surface area (Å²) in [7, 11) is 0. The smallest absolute Gasteiger partial charge is 0.139 e. The van der Waals surface area contributed by atoms with Crippen molar-refractivity contribution >= 4 is 11.5 Å². The highest BCUT2D eigenvalue weighted by Gasteiger charge is 2.13. The first kappa shape index (κ1) is 10.8. The van der Waals surface area contributed by atoms with Gasteiger partial charge in [-0.15, -0.1) is 0 Å². The molecule has 4 nitrogen and oxygen atoms in total. The van der Waals surface area contributed by atoms with Crippen LogP contribution < -0.4 is 5.73 Å². The second kappa shape index (κ2) is 3.84. The molecule has 18 heavy (non-hydrogen) atoms. The highest BCUT2D eigenvalue weighted by molar-refractivity contribution is 5.76. The zero-order valence-electron chi connectivity index (χ0n) is 10.4. The molecule has 0 spiro atoms. The van der Waals surface area contributed by atoms with Crippen LogP contribution in [0.5, 0.6) is 0 Å². The number of hydrogen-bond donors (Lipinski definition) is 1. The van der Waals surface area contributed by atoms with Crippen molar-refractivity contribution in [1.82, 2.24) is 14.4 Å². The Morgan fingerprint density at radius 1 is 1.22 bits per heavy atom. The van der Waals surface area contributed by atoms with Crippen LogP contribution in [0.15, 0.2) is 36.8 Å². The second-order valence-electron chi connectivity index (χ2n) is 4.47. The largest absolute Gasteiger partial charge is 0.383 e. The van der Waals surface area contributed by atoms with E-state index in [0.717, 1.165) is 22.5 Å². The number of pyridine rings is 2. The van der Waals surface area contributed by atoms with Gasteiger partial charge < -0.3 is 5.73 Å². The fourth-order valence-electron chi connectivity index (χ4n) is 2.08. The van der Waals surface area contributed by atoms with Gasteiger partial charge >= 0.3 is 0 Å². The predicted molar refractivity (Wildman–Crippen MR) is 72.3 cm³/mol. The molecule has 0 amide bonds. The molecule has 0 atom stereocenters. The minimum Gasteiger partial charge on any atom is -0.383 e. The van der Waals surface area contributed by atoms with E-state index in [1.54, 1.807) is 12.4 Å². The van der Waals surface area contributed by atoms with Crippen molar-refractivity contribution in [1.29, 1.82) is 0 Å². The van der Waals surface area contributed by atoms with Crippen LogP contribution in [0, 0.1) is 13.8 Å². The van der Waals surface area contributed by atoms with E-state index in [0.29, 0.717) is 5.82 Å². The van der Waals surface area contributed by atoms with Crippen molar-refractivity contribution in [2.75, 3.05) is 5.73 Å². The average molecular weight is 238 g/mol. The van der Waals surface area contributed by atoms with Crippen LogP contribution >= 0.6 is 0 Å². The molecule has 0 radical (unpaired) electrons. The lowest BCUT2D eigenvalue weighted by Gasteiger charge is -2.02. The molecule has 0 aliphatic rings. The molecule has 2 N–H and O–H groups in total. The van der Waals surface area contributed by atoms with Crippen LogP contribution in [-0.2, 0) is 0 Å². The van der Waals surface area contributed by atoms with Crippen LogP contribution in [-0.4, -0.2) is 14.4 Å². The minimum absolute atomic E-state index is 0.654. The number of imidazole rings is 1. The number of nitrogens with two attached hydrogens (primary N) is 1. The molecule has 0 aliphatic heterocycles. The van der Waals surface area contributed by atoms with Gasteiger partial charge in [-0.3, -0.25) is 9.38 Å². The molecule has 0 aromatic carbocycles. The first-order chi connectivity index (χ1) is 8.66. The first-order valence-electron chi connectivity index (χ1n) is 5.82. The quantitative estimate of drug-likeness (QED) is 0.709. The zero-order chi connectivity index (χ0) is 12.7. The molecule has 4 heteroatoms. The Balaban J connectivity index is 2.31. The Bertz CT molecular complexity index is 728. The monoisotopic (exact) mass is 238 g/mol. The van der Waals surface area contributed by atoms with Crippen molar-refractivity contribution in [3.8, 4) is 11.3 Å². The highest BCUT2D eigenvalue weighted by Crippen LogP contribution is 2.28. The third kappa shape index (κ3) is 1.54. The molecule has 0 unspecified atom stereocenters. The van der Waals surface area contributed by atoms with Gasteiger partial charge in [-0.1, -0.05) is 0 Å². The predicted octanol–water partition coefficient (Wildman–Crippen LogP) is 2.60. The van der Waals surface area contributed by atoms with Crippen LogP contribution in [0.1, 0.15) is 11.1 Å². The molecular weight excluding hydrogens is 224 g/mol. The Kier molecular flexibility index (Phi) is 2.30. The fourth-order valence-corrected chi connectivity index (χ4v) is 2.08. The van der Waals surface area contributed by atoms with Gasteiger partial charge in [0.2, 0.25) is 0 Å². The van der Waals surface area contributed by atoms with Crippen molar-refractivity contribution in [3.05, 3.63) is 47.9 Å². The van der Waals surface area contributed by atoms with E-state index < -0.39 is 0 Å². The van der Waals surface area contributed by atoms with E-state index in [1.807, 2.05) is 42.6 Å². The van der Waals surface area contributed by atoms with E-state index in [-0.39, 0.29) is 0 Å². The van der Waals surface area contributed by atoms with Crippen molar-refractivity contribution in [2.45, 2.75) is 13.8 Å². The maximum atomic E-state index is 6.16. The summed E-state index contributed by atoms with van der Waals surface area (Å²) in [5, 5.41) is 0. The molecule has 0 saturated heterocycles. The molecule has 0 saturated carbocycles. The number of nitrogen functional groups attached to an aromatic ring is 1. The molecule has 3 aromatic rings. The van der Waals surface area contributed by atoms with Crippen LogP contribution in [0.25, 0.3) is 16.9 Å². The van der Waals surface area contributed by atoms with E-state index >= 15 is 0 Å². The first-order valence-corrected chi connectivity index (χ1v) is 5.82. The van der Waals surface area contributed by atoms with E-state index in [9.17, 15) is 0 Å². The van der Waals surface area contributed by atoms with Crippen LogP contribution in [0.3, 0.4) is 0 Å². The number of fused-ring (bicyclic) bond motifs is 1. The summed E-state index contributed by atoms with van der Waals surface area (Å²) >= 11 is 0. The summed E-state index contributed by atoms with van der Waals surface area (Å²) in [4.78, 5) is 8.75. The molecule has 0 fully saturated rings.